The van der Waals surface area contributed by atoms with Gasteiger partial charge in [-0.05, 0) is 123 Å². The van der Waals surface area contributed by atoms with Crippen LogP contribution in [0.15, 0.2) is 0 Å². The van der Waals surface area contributed by atoms with Crippen molar-refractivity contribution in [2.24, 2.45) is 46.3 Å². The second kappa shape index (κ2) is 12.6. The molecule has 6 rings (SSSR count). The van der Waals surface area contributed by atoms with E-state index in [1.807, 2.05) is 7.05 Å². The standard InChI is InChI=1S/C35H57N3O3S/c1-34-20-18-28-26(14-17-30-35(28,2)21-19-31(39)37(30)3)27(34)15-16-29(34)32(40)38(22-24-10-6-4-7-11-24)33(41)36-42-23-25-12-8-5-9-13-25/h24-30H,4-23H2,1-3H3,(H,36,41)/t26-,27-,28+,29?,30?,34-,35+/m0/s1. The van der Waals surface area contributed by atoms with Gasteiger partial charge in [-0.2, -0.15) is 0 Å². The molecule has 1 N–H and O–H groups in total. The number of hydrogen-bond donors (Lipinski definition) is 1. The Morgan fingerprint density at radius 1 is 0.833 bits per heavy atom. The smallest absolute Gasteiger partial charge is 0.334 e. The Kier molecular flexibility index (Phi) is 9.26. The van der Waals surface area contributed by atoms with E-state index in [9.17, 15) is 14.4 Å². The Hall–Kier alpha value is -1.24. The maximum Gasteiger partial charge on any atom is 0.334 e. The third-order valence-electron chi connectivity index (χ3n) is 13.7. The van der Waals surface area contributed by atoms with Crippen molar-refractivity contribution >= 4 is 29.8 Å². The Morgan fingerprint density at radius 2 is 1.50 bits per heavy atom. The number of fused-ring (bicyclic) bond motifs is 5. The van der Waals surface area contributed by atoms with Crippen molar-refractivity contribution in [3.8, 4) is 0 Å². The fraction of sp³-hybridized carbons (Fsp3) is 0.914. The highest BCUT2D eigenvalue weighted by Gasteiger charge is 2.62. The zero-order valence-electron chi connectivity index (χ0n) is 26.7. The van der Waals surface area contributed by atoms with E-state index in [1.54, 1.807) is 16.8 Å². The number of nitrogens with one attached hydrogen (secondary N) is 1. The van der Waals surface area contributed by atoms with Gasteiger partial charge in [-0.1, -0.05) is 52.4 Å². The van der Waals surface area contributed by atoms with E-state index in [0.29, 0.717) is 54.5 Å². The molecule has 0 aromatic rings. The summed E-state index contributed by atoms with van der Waals surface area (Å²) in [5, 5.41) is 0. The number of rotatable bonds is 6. The summed E-state index contributed by atoms with van der Waals surface area (Å²) in [7, 11) is 2.03. The molecule has 5 aliphatic carbocycles. The first-order valence-electron chi connectivity index (χ1n) is 17.7. The lowest BCUT2D eigenvalue weighted by Gasteiger charge is -2.61. The third-order valence-corrected chi connectivity index (χ3v) is 14.7. The summed E-state index contributed by atoms with van der Waals surface area (Å²) in [5.74, 6) is 4.29. The number of amides is 4. The highest BCUT2D eigenvalue weighted by atomic mass is 32.2. The molecule has 0 aromatic carbocycles. The molecule has 2 unspecified atom stereocenters. The summed E-state index contributed by atoms with van der Waals surface area (Å²) in [6, 6.07) is 0.207. The lowest BCUT2D eigenvalue weighted by molar-refractivity contribution is -0.160. The average molecular weight is 600 g/mol. The minimum absolute atomic E-state index is 0.0296. The first-order chi connectivity index (χ1) is 20.2. The predicted molar refractivity (Wildman–Crippen MR) is 170 cm³/mol. The predicted octanol–water partition coefficient (Wildman–Crippen LogP) is 7.81. The molecule has 7 atom stereocenters. The number of imide groups is 1. The van der Waals surface area contributed by atoms with Gasteiger partial charge in [-0.25, -0.2) is 4.79 Å². The highest BCUT2D eigenvalue weighted by molar-refractivity contribution is 7.97. The lowest BCUT2D eigenvalue weighted by atomic mass is 9.47. The van der Waals surface area contributed by atoms with E-state index in [-0.39, 0.29) is 28.7 Å². The fourth-order valence-corrected chi connectivity index (χ4v) is 12.2. The van der Waals surface area contributed by atoms with Crippen LogP contribution in [-0.4, -0.2) is 53.0 Å². The van der Waals surface area contributed by atoms with Gasteiger partial charge >= 0.3 is 6.03 Å². The van der Waals surface area contributed by atoms with Crippen molar-refractivity contribution < 1.29 is 14.4 Å². The Bertz CT molecular complexity index is 1010. The monoisotopic (exact) mass is 599 g/mol. The van der Waals surface area contributed by atoms with E-state index in [0.717, 1.165) is 57.1 Å². The zero-order valence-corrected chi connectivity index (χ0v) is 27.5. The van der Waals surface area contributed by atoms with Gasteiger partial charge in [0.1, 0.15) is 0 Å². The maximum atomic E-state index is 14.5. The largest absolute Gasteiger partial charge is 0.342 e. The van der Waals surface area contributed by atoms with Crippen LogP contribution in [-0.2, 0) is 9.59 Å². The van der Waals surface area contributed by atoms with Gasteiger partial charge in [0.05, 0.1) is 0 Å². The van der Waals surface area contributed by atoms with Crippen LogP contribution in [0.2, 0.25) is 0 Å². The van der Waals surface area contributed by atoms with Crippen LogP contribution in [0, 0.1) is 46.3 Å². The summed E-state index contributed by atoms with van der Waals surface area (Å²) in [6.45, 7) is 5.47. The molecule has 0 radical (unpaired) electrons. The number of piperidine rings is 1. The molecule has 5 saturated carbocycles. The topological polar surface area (TPSA) is 69.7 Å². The second-order valence-corrected chi connectivity index (χ2v) is 16.7. The number of hydrogen-bond acceptors (Lipinski definition) is 4. The van der Waals surface area contributed by atoms with Gasteiger partial charge in [0.15, 0.2) is 0 Å². The van der Waals surface area contributed by atoms with Crippen molar-refractivity contribution in [2.75, 3.05) is 19.3 Å². The minimum atomic E-state index is -0.157. The minimum Gasteiger partial charge on any atom is -0.342 e. The first kappa shape index (κ1) is 30.8. The zero-order chi connectivity index (χ0) is 29.5. The van der Waals surface area contributed by atoms with Crippen LogP contribution >= 0.6 is 11.9 Å². The number of likely N-dealkylation sites (tertiary alicyclic amines) is 1. The van der Waals surface area contributed by atoms with Gasteiger partial charge in [0, 0.05) is 37.7 Å². The van der Waals surface area contributed by atoms with Gasteiger partial charge in [-0.3, -0.25) is 19.2 Å². The van der Waals surface area contributed by atoms with E-state index in [4.69, 9.17) is 0 Å². The number of urea groups is 1. The van der Waals surface area contributed by atoms with Gasteiger partial charge in [-0.15, -0.1) is 0 Å². The molecule has 6 aliphatic rings. The molecule has 1 heterocycles. The average Bonchev–Trinajstić information content (AvgIpc) is 3.36. The van der Waals surface area contributed by atoms with Crippen molar-refractivity contribution in [2.45, 2.75) is 135 Å². The third kappa shape index (κ3) is 5.67. The summed E-state index contributed by atoms with van der Waals surface area (Å²) < 4.78 is 3.15. The lowest BCUT2D eigenvalue weighted by Crippen LogP contribution is -2.61. The molecule has 1 aliphatic heterocycles. The SMILES string of the molecule is CN1C(=O)CC[C@@]2(C)C1CC[C@@H]1[C@H]2CC[C@]2(C)C(C(=O)N(CC3CCCCC3)C(=O)NSCC3CCCCC3)CC[C@@H]12. The van der Waals surface area contributed by atoms with Crippen molar-refractivity contribution in [1.29, 1.82) is 0 Å². The molecule has 42 heavy (non-hydrogen) atoms. The number of nitrogens with zero attached hydrogens (tertiary/aromatic N) is 2. The second-order valence-electron chi connectivity index (χ2n) is 15.8. The van der Waals surface area contributed by atoms with Crippen LogP contribution in [0.25, 0.3) is 0 Å². The van der Waals surface area contributed by atoms with Crippen LogP contribution < -0.4 is 4.72 Å². The van der Waals surface area contributed by atoms with Gasteiger partial charge in [0.2, 0.25) is 11.8 Å². The summed E-state index contributed by atoms with van der Waals surface area (Å²) in [6.07, 6.45) is 20.7. The van der Waals surface area contributed by atoms with E-state index in [1.165, 1.54) is 57.8 Å². The fourth-order valence-electron chi connectivity index (χ4n) is 11.3. The molecule has 6 fully saturated rings. The molecular weight excluding hydrogens is 542 g/mol. The van der Waals surface area contributed by atoms with E-state index < -0.39 is 0 Å². The van der Waals surface area contributed by atoms with Gasteiger partial charge < -0.3 is 4.90 Å². The summed E-state index contributed by atoms with van der Waals surface area (Å²) in [4.78, 5) is 44.6. The maximum absolute atomic E-state index is 14.5. The van der Waals surface area contributed by atoms with Crippen LogP contribution in [0.1, 0.15) is 129 Å². The quantitative estimate of drug-likeness (QED) is 0.316. The van der Waals surface area contributed by atoms with Crippen LogP contribution in [0.4, 0.5) is 4.79 Å². The molecule has 0 spiro atoms. The molecule has 0 bridgehead atoms. The van der Waals surface area contributed by atoms with E-state index >= 15 is 0 Å². The molecule has 6 nitrogen and oxygen atoms in total. The molecule has 1 saturated heterocycles. The summed E-state index contributed by atoms with van der Waals surface area (Å²) in [5.41, 5.74) is 0.162. The van der Waals surface area contributed by atoms with Crippen LogP contribution in [0.5, 0.6) is 0 Å². The molecule has 4 amide bonds. The highest BCUT2D eigenvalue weighted by Crippen LogP contribution is 2.66. The van der Waals surface area contributed by atoms with Crippen molar-refractivity contribution in [3.63, 3.8) is 0 Å². The van der Waals surface area contributed by atoms with Crippen molar-refractivity contribution in [3.05, 3.63) is 0 Å². The molecule has 7 heteroatoms. The number of carbonyl (C=O) groups is 3. The van der Waals surface area contributed by atoms with Gasteiger partial charge in [0.25, 0.3) is 0 Å². The molecule has 0 aromatic heterocycles. The summed E-state index contributed by atoms with van der Waals surface area (Å²) >= 11 is 1.54. The van der Waals surface area contributed by atoms with E-state index in [2.05, 4.69) is 23.5 Å². The molecular formula is C35H57N3O3S. The van der Waals surface area contributed by atoms with Crippen molar-refractivity contribution in [1.82, 2.24) is 14.5 Å². The first-order valence-corrected chi connectivity index (χ1v) is 18.7. The Labute approximate surface area is 259 Å². The molecule has 236 valence electrons. The van der Waals surface area contributed by atoms with Crippen LogP contribution in [0.3, 0.4) is 0 Å². The number of carbonyl (C=O) groups excluding carboxylic acids is 3. The Morgan fingerprint density at radius 3 is 2.21 bits per heavy atom. The normalized spacial score (nSPS) is 39.3. The Balaban J connectivity index is 1.16.